The van der Waals surface area contributed by atoms with E-state index >= 15 is 0 Å². The number of hydrogen-bond acceptors (Lipinski definition) is 0. The normalized spacial score (nSPS) is 15.2. The fraction of sp³-hybridized carbons (Fsp3) is 0.275. The largest absolute Gasteiger partial charge is 1.00 e. The van der Waals surface area contributed by atoms with E-state index < -0.39 is 44.7 Å². The molecule has 1 unspecified atom stereocenters. The molecule has 2 aliphatic rings. The molecule has 0 amide bonds. The van der Waals surface area contributed by atoms with Crippen LogP contribution in [-0.2, 0) is 40.0 Å². The van der Waals surface area contributed by atoms with Gasteiger partial charge in [0, 0.05) is 0 Å². The van der Waals surface area contributed by atoms with Crippen molar-refractivity contribution in [1.29, 1.82) is 0 Å². The predicted molar refractivity (Wildman–Crippen MR) is 174 cm³/mol. The van der Waals surface area contributed by atoms with Crippen LogP contribution in [0.4, 0.5) is 26.3 Å². The van der Waals surface area contributed by atoms with Crippen molar-refractivity contribution in [2.24, 2.45) is 11.3 Å². The van der Waals surface area contributed by atoms with Gasteiger partial charge < -0.3 is 24.8 Å². The summed E-state index contributed by atoms with van der Waals surface area (Å²) in [5, 5.41) is 0. The van der Waals surface area contributed by atoms with Gasteiger partial charge in [0.1, 0.15) is 0 Å². The Kier molecular flexibility index (Phi) is 11.8. The molecular weight excluding hydrogens is 757 g/mol. The summed E-state index contributed by atoms with van der Waals surface area (Å²) in [6.07, 6.45) is -1.74. The minimum absolute atomic E-state index is 0. The summed E-state index contributed by atoms with van der Waals surface area (Å²) >= 11 is -3.42. The van der Waals surface area contributed by atoms with E-state index in [0.29, 0.717) is 11.1 Å². The smallest absolute Gasteiger partial charge is 1.00 e. The number of halogens is 8. The van der Waals surface area contributed by atoms with Crippen LogP contribution in [0.1, 0.15) is 73.9 Å². The molecular formula is C40H36Cl2F6Zr. The predicted octanol–water partition coefficient (Wildman–Crippen LogP) is 5.10. The van der Waals surface area contributed by atoms with Crippen LogP contribution in [-0.4, -0.2) is 3.21 Å². The van der Waals surface area contributed by atoms with Crippen LogP contribution in [0.15, 0.2) is 112 Å². The Hall–Kier alpha value is -2.73. The Morgan fingerprint density at radius 1 is 0.694 bits per heavy atom. The fourth-order valence-electron chi connectivity index (χ4n) is 6.84. The molecule has 0 bridgehead atoms. The third-order valence-electron chi connectivity index (χ3n) is 9.22. The van der Waals surface area contributed by atoms with Crippen LogP contribution in [0, 0.1) is 11.3 Å². The molecule has 4 aromatic rings. The molecule has 0 aliphatic heterocycles. The van der Waals surface area contributed by atoms with E-state index in [1.54, 1.807) is 0 Å². The van der Waals surface area contributed by atoms with Gasteiger partial charge in [-0.05, 0) is 0 Å². The van der Waals surface area contributed by atoms with Gasteiger partial charge in [-0.1, -0.05) is 0 Å². The Morgan fingerprint density at radius 3 is 1.73 bits per heavy atom. The van der Waals surface area contributed by atoms with Crippen LogP contribution in [0.3, 0.4) is 0 Å². The standard InChI is InChI=1S/C15H8F6.C13H9.C12H19.2ClH.Zr/c16-14(17,18)12-5-1-10(2-6-12)9-11-3-7-13(8-4-11)15(19,20)21;1-3-7-12-10(5-1)9-11-6-2-4-8-13(11)12;1-5-6-10-7-8-11(9-10)12(2,3)4;;;/h1-8H;1-5,7-8H,9H2;8-10H,5-6H2,1-4H3;2*1H;/q;;;;;+2/p-2. The number of fused-ring (bicyclic) bond motifs is 3. The molecule has 0 fully saturated rings. The maximum absolute atomic E-state index is 13.7. The third kappa shape index (κ3) is 7.95. The van der Waals surface area contributed by atoms with E-state index in [0.717, 1.165) is 52.3 Å². The SMILES string of the molecule is CCCC1C=C(C(C)(C)C)C=[C]1[Zr+2](=[C](c1ccc(C(F)(F)F)cc1)c1ccc(C(F)(F)F)cc1)[c]1cccc2c1Cc1ccccc1-2.[Cl-].[Cl-]. The summed E-state index contributed by atoms with van der Waals surface area (Å²) in [6, 6.07) is 25.1. The molecule has 9 heteroatoms. The van der Waals surface area contributed by atoms with Crippen LogP contribution < -0.4 is 28.1 Å². The maximum Gasteiger partial charge on any atom is -1.00 e. The van der Waals surface area contributed by atoms with E-state index in [9.17, 15) is 26.3 Å². The third-order valence-corrected chi connectivity index (χ3v) is 17.0. The quantitative estimate of drug-likeness (QED) is 0.210. The van der Waals surface area contributed by atoms with Gasteiger partial charge in [0.2, 0.25) is 0 Å². The first-order valence-corrected chi connectivity index (χ1v) is 19.6. The Morgan fingerprint density at radius 2 is 1.22 bits per heavy atom. The summed E-state index contributed by atoms with van der Waals surface area (Å²) in [4.78, 5) is 0. The van der Waals surface area contributed by atoms with Gasteiger partial charge in [0.15, 0.2) is 0 Å². The van der Waals surface area contributed by atoms with Crippen molar-refractivity contribution >= 4 is 6.48 Å². The Balaban J connectivity index is 0.00000270. The number of hydrogen-bond donors (Lipinski definition) is 0. The molecule has 49 heavy (non-hydrogen) atoms. The second-order valence-electron chi connectivity index (χ2n) is 13.4. The van der Waals surface area contributed by atoms with Crippen molar-refractivity contribution in [2.75, 3.05) is 0 Å². The average molecular weight is 793 g/mol. The summed E-state index contributed by atoms with van der Waals surface area (Å²) in [7, 11) is 0. The first kappa shape index (κ1) is 39.1. The fourth-order valence-corrected chi connectivity index (χ4v) is 15.4. The van der Waals surface area contributed by atoms with E-state index in [1.807, 2.05) is 12.1 Å². The van der Waals surface area contributed by atoms with E-state index in [2.05, 4.69) is 70.2 Å². The molecule has 2 aliphatic carbocycles. The minimum atomic E-state index is -4.51. The van der Waals surface area contributed by atoms with Gasteiger partial charge >= 0.3 is 281 Å². The molecule has 0 saturated carbocycles. The van der Waals surface area contributed by atoms with Crippen molar-refractivity contribution in [3.05, 3.63) is 145 Å². The second kappa shape index (κ2) is 14.9. The van der Waals surface area contributed by atoms with E-state index in [1.165, 1.54) is 53.1 Å². The van der Waals surface area contributed by atoms with Gasteiger partial charge in [-0.3, -0.25) is 0 Å². The van der Waals surface area contributed by atoms with Crippen LogP contribution >= 0.6 is 0 Å². The van der Waals surface area contributed by atoms with Gasteiger partial charge in [-0.2, -0.15) is 0 Å². The topological polar surface area (TPSA) is 0 Å². The zero-order valence-corrected chi connectivity index (χ0v) is 31.5. The van der Waals surface area contributed by atoms with Crippen LogP contribution in [0.25, 0.3) is 11.1 Å². The number of rotatable bonds is 6. The van der Waals surface area contributed by atoms with Gasteiger partial charge in [-0.25, -0.2) is 0 Å². The molecule has 0 aromatic heterocycles. The molecule has 0 radical (unpaired) electrons. The van der Waals surface area contributed by atoms with Crippen molar-refractivity contribution in [3.63, 3.8) is 0 Å². The summed E-state index contributed by atoms with van der Waals surface area (Å²) in [5.41, 5.74) is 5.62. The summed E-state index contributed by atoms with van der Waals surface area (Å²) in [6.45, 7) is 8.68. The van der Waals surface area contributed by atoms with Gasteiger partial charge in [-0.15, -0.1) is 0 Å². The van der Waals surface area contributed by atoms with Crippen LogP contribution in [0.5, 0.6) is 0 Å². The number of allylic oxidation sites excluding steroid dienone is 4. The zero-order chi connectivity index (χ0) is 33.7. The molecule has 0 nitrogen and oxygen atoms in total. The van der Waals surface area contributed by atoms with Crippen molar-refractivity contribution in [1.82, 2.24) is 0 Å². The first-order valence-electron chi connectivity index (χ1n) is 15.9. The zero-order valence-electron chi connectivity index (χ0n) is 27.5. The van der Waals surface area contributed by atoms with Crippen LogP contribution in [0.2, 0.25) is 0 Å². The molecule has 6 rings (SSSR count). The molecule has 0 saturated heterocycles. The summed E-state index contributed by atoms with van der Waals surface area (Å²) in [5.74, 6) is 0.141. The monoisotopic (exact) mass is 790 g/mol. The summed E-state index contributed by atoms with van der Waals surface area (Å²) < 4.78 is 85.7. The maximum atomic E-state index is 13.7. The van der Waals surface area contributed by atoms with E-state index in [-0.39, 0.29) is 36.1 Å². The van der Waals surface area contributed by atoms with Crippen molar-refractivity contribution in [3.8, 4) is 11.1 Å². The molecule has 0 N–H and O–H groups in total. The number of alkyl halides is 6. The Bertz CT molecular complexity index is 1850. The van der Waals surface area contributed by atoms with E-state index in [4.69, 9.17) is 0 Å². The van der Waals surface area contributed by atoms with Crippen molar-refractivity contribution < 1.29 is 72.4 Å². The molecule has 0 heterocycles. The Labute approximate surface area is 304 Å². The van der Waals surface area contributed by atoms with Crippen molar-refractivity contribution in [2.45, 2.75) is 59.3 Å². The molecule has 0 spiro atoms. The molecule has 256 valence electrons. The second-order valence-corrected chi connectivity index (χ2v) is 19.2. The van der Waals surface area contributed by atoms with Gasteiger partial charge in [0.25, 0.3) is 0 Å². The minimum Gasteiger partial charge on any atom is -1.00 e. The first-order chi connectivity index (χ1) is 22.2. The number of benzene rings is 4. The van der Waals surface area contributed by atoms with Gasteiger partial charge in [0.05, 0.1) is 0 Å². The molecule has 1 atom stereocenters. The molecule has 4 aromatic carbocycles. The average Bonchev–Trinajstić information content (AvgIpc) is 3.61.